The Kier molecular flexibility index (Phi) is 8.87. The van der Waals surface area contributed by atoms with E-state index in [1.165, 1.54) is 0 Å². The number of guanidine groups is 1. The van der Waals surface area contributed by atoms with Crippen LogP contribution in [0.3, 0.4) is 0 Å². The molecule has 3 N–H and O–H groups in total. The van der Waals surface area contributed by atoms with Gasteiger partial charge in [-0.05, 0) is 31.5 Å². The maximum atomic E-state index is 10.6. The second-order valence-corrected chi connectivity index (χ2v) is 6.77. The second kappa shape index (κ2) is 10.1. The smallest absolute Gasteiger partial charge is 0.191 e. The van der Waals surface area contributed by atoms with Gasteiger partial charge in [0.2, 0.25) is 0 Å². The molecule has 1 atom stereocenters. The van der Waals surface area contributed by atoms with E-state index in [0.717, 1.165) is 22.1 Å². The van der Waals surface area contributed by atoms with Crippen LogP contribution in [0.1, 0.15) is 25.0 Å². The molecule has 0 bridgehead atoms. The van der Waals surface area contributed by atoms with Crippen LogP contribution < -0.4 is 10.6 Å². The summed E-state index contributed by atoms with van der Waals surface area (Å²) in [6, 6.07) is 8.05. The molecular weight excluding hydrogens is 497 g/mol. The first kappa shape index (κ1) is 21.9. The molecule has 2 aromatic rings. The topological polar surface area (TPSA) is 74.5 Å². The Labute approximate surface area is 174 Å². The number of rotatable bonds is 6. The van der Waals surface area contributed by atoms with Crippen LogP contribution in [0.5, 0.6) is 0 Å². The first-order valence-corrected chi connectivity index (χ1v) is 8.68. The van der Waals surface area contributed by atoms with Gasteiger partial charge < -0.3 is 15.7 Å². The first-order valence-electron chi connectivity index (χ1n) is 7.89. The molecule has 25 heavy (non-hydrogen) atoms. The average molecular weight is 522 g/mol. The third-order valence-corrected chi connectivity index (χ3v) is 4.07. The van der Waals surface area contributed by atoms with Crippen molar-refractivity contribution in [3.63, 3.8) is 0 Å². The fraction of sp³-hybridized carbons (Fsp3) is 0.412. The summed E-state index contributed by atoms with van der Waals surface area (Å²) in [6.45, 7) is 5.41. The lowest BCUT2D eigenvalue weighted by Crippen LogP contribution is -2.44. The van der Waals surface area contributed by atoms with Crippen LogP contribution >= 0.6 is 39.9 Å². The van der Waals surface area contributed by atoms with Gasteiger partial charge in [0.1, 0.15) is 5.60 Å². The van der Waals surface area contributed by atoms with Crippen molar-refractivity contribution in [3.05, 3.63) is 52.3 Å². The van der Waals surface area contributed by atoms with Crippen LogP contribution in [-0.2, 0) is 19.2 Å². The van der Waals surface area contributed by atoms with Crippen molar-refractivity contribution < 1.29 is 5.11 Å². The highest BCUT2D eigenvalue weighted by atomic mass is 127. The Balaban J connectivity index is 0.00000312. The molecule has 0 amide bonds. The molecule has 138 valence electrons. The van der Waals surface area contributed by atoms with Crippen LogP contribution in [-0.4, -0.2) is 33.9 Å². The molecule has 0 aliphatic heterocycles. The number of aromatic nitrogens is 2. The Bertz CT molecular complexity index is 702. The summed E-state index contributed by atoms with van der Waals surface area (Å²) in [5.74, 6) is 0.668. The lowest BCUT2D eigenvalue weighted by Gasteiger charge is -2.23. The predicted molar refractivity (Wildman–Crippen MR) is 115 cm³/mol. The fourth-order valence-electron chi connectivity index (χ4n) is 2.20. The number of benzene rings is 1. The largest absolute Gasteiger partial charge is 0.383 e. The van der Waals surface area contributed by atoms with Crippen molar-refractivity contribution in [2.45, 2.75) is 26.0 Å². The molecule has 1 aromatic heterocycles. The molecule has 8 heteroatoms. The van der Waals surface area contributed by atoms with Crippen LogP contribution in [0.25, 0.3) is 0 Å². The molecular formula is C17H25BrIN5O. The van der Waals surface area contributed by atoms with E-state index in [2.05, 4.69) is 36.7 Å². The zero-order chi connectivity index (χ0) is 17.6. The van der Waals surface area contributed by atoms with Gasteiger partial charge in [-0.15, -0.1) is 24.0 Å². The summed E-state index contributed by atoms with van der Waals surface area (Å²) in [5.41, 5.74) is 0.848. The van der Waals surface area contributed by atoms with Crippen LogP contribution in [0.2, 0.25) is 0 Å². The second-order valence-electron chi connectivity index (χ2n) is 5.86. The van der Waals surface area contributed by atoms with Crippen molar-refractivity contribution >= 4 is 45.9 Å². The zero-order valence-corrected chi connectivity index (χ0v) is 18.6. The van der Waals surface area contributed by atoms with Crippen LogP contribution in [0.15, 0.2) is 46.1 Å². The van der Waals surface area contributed by atoms with Gasteiger partial charge in [0.15, 0.2) is 5.96 Å². The lowest BCUT2D eigenvalue weighted by molar-refractivity contribution is 0.0616. The molecule has 0 fully saturated rings. The van der Waals surface area contributed by atoms with Gasteiger partial charge >= 0.3 is 0 Å². The number of aliphatic imine (C=N–C) groups is 1. The van der Waals surface area contributed by atoms with Gasteiger partial charge in [0, 0.05) is 29.8 Å². The number of aryl methyl sites for hydroxylation is 1. The maximum Gasteiger partial charge on any atom is 0.191 e. The van der Waals surface area contributed by atoms with Gasteiger partial charge in [-0.1, -0.05) is 28.1 Å². The molecule has 0 radical (unpaired) electrons. The summed E-state index contributed by atoms with van der Waals surface area (Å²) in [5, 5.41) is 21.1. The van der Waals surface area contributed by atoms with E-state index in [4.69, 9.17) is 0 Å². The van der Waals surface area contributed by atoms with Crippen LogP contribution in [0, 0.1) is 0 Å². The van der Waals surface area contributed by atoms with Crippen molar-refractivity contribution in [1.29, 1.82) is 0 Å². The number of nitrogens with zero attached hydrogens (tertiary/aromatic N) is 3. The third-order valence-electron chi connectivity index (χ3n) is 3.58. The maximum absolute atomic E-state index is 10.6. The fourth-order valence-corrected chi connectivity index (χ4v) is 2.65. The van der Waals surface area contributed by atoms with E-state index in [9.17, 15) is 5.11 Å². The summed E-state index contributed by atoms with van der Waals surface area (Å²) in [4.78, 5) is 4.57. The Morgan fingerprint density at radius 2 is 2.16 bits per heavy atom. The minimum absolute atomic E-state index is 0. The molecule has 6 nitrogen and oxygen atoms in total. The number of nitrogens with one attached hydrogen (secondary N) is 2. The summed E-state index contributed by atoms with van der Waals surface area (Å²) < 4.78 is 2.71. The molecule has 2 rings (SSSR count). The van der Waals surface area contributed by atoms with E-state index >= 15 is 0 Å². The van der Waals surface area contributed by atoms with Gasteiger partial charge in [-0.3, -0.25) is 4.68 Å². The monoisotopic (exact) mass is 521 g/mol. The average Bonchev–Trinajstić information content (AvgIpc) is 2.98. The van der Waals surface area contributed by atoms with Gasteiger partial charge in [-0.25, -0.2) is 4.99 Å². The third kappa shape index (κ3) is 6.95. The normalized spacial score (nSPS) is 13.7. The summed E-state index contributed by atoms with van der Waals surface area (Å²) >= 11 is 3.46. The highest BCUT2D eigenvalue weighted by Crippen LogP contribution is 2.18. The van der Waals surface area contributed by atoms with E-state index in [1.54, 1.807) is 17.8 Å². The Hall–Kier alpha value is -1.13. The van der Waals surface area contributed by atoms with E-state index < -0.39 is 5.60 Å². The van der Waals surface area contributed by atoms with Gasteiger partial charge in [0.25, 0.3) is 0 Å². The Morgan fingerprint density at radius 3 is 2.76 bits per heavy atom. The lowest BCUT2D eigenvalue weighted by atomic mass is 10.00. The molecule has 0 spiro atoms. The summed E-state index contributed by atoms with van der Waals surface area (Å²) in [6.07, 6.45) is 3.49. The number of halogens is 2. The molecule has 1 unspecified atom stereocenters. The standard InChI is InChI=1S/C17H24BrN5O.HI/c1-4-19-16(20-9-13-6-5-7-15(18)8-13)21-12-17(2,24)14-10-22-23(3)11-14;/h5-8,10-11,24H,4,9,12H2,1-3H3,(H2,19,20,21);1H. The van der Waals surface area contributed by atoms with E-state index in [-0.39, 0.29) is 24.0 Å². The number of aliphatic hydroxyl groups is 1. The van der Waals surface area contributed by atoms with Crippen LogP contribution in [0.4, 0.5) is 0 Å². The SMILES string of the molecule is CCNC(=NCc1cccc(Br)c1)NCC(C)(O)c1cnn(C)c1.I. The van der Waals surface area contributed by atoms with Gasteiger partial charge in [-0.2, -0.15) is 5.10 Å². The molecule has 1 aromatic carbocycles. The molecule has 0 saturated heterocycles. The highest BCUT2D eigenvalue weighted by Gasteiger charge is 2.24. The predicted octanol–water partition coefficient (Wildman–Crippen LogP) is 2.76. The zero-order valence-electron chi connectivity index (χ0n) is 14.7. The minimum atomic E-state index is -1.03. The quantitative estimate of drug-likeness (QED) is 0.310. The van der Waals surface area contributed by atoms with Gasteiger partial charge in [0.05, 0.1) is 19.3 Å². The minimum Gasteiger partial charge on any atom is -0.383 e. The van der Waals surface area contributed by atoms with E-state index in [0.29, 0.717) is 19.0 Å². The van der Waals surface area contributed by atoms with E-state index in [1.807, 2.05) is 44.4 Å². The van der Waals surface area contributed by atoms with Crippen molar-refractivity contribution in [2.75, 3.05) is 13.1 Å². The number of hydrogen-bond donors (Lipinski definition) is 3. The van der Waals surface area contributed by atoms with Crippen molar-refractivity contribution in [1.82, 2.24) is 20.4 Å². The molecule has 0 aliphatic rings. The molecule has 0 saturated carbocycles. The molecule has 0 aliphatic carbocycles. The van der Waals surface area contributed by atoms with Crippen molar-refractivity contribution in [2.24, 2.45) is 12.0 Å². The van der Waals surface area contributed by atoms with Crippen molar-refractivity contribution in [3.8, 4) is 0 Å². The first-order chi connectivity index (χ1) is 11.4. The highest BCUT2D eigenvalue weighted by molar-refractivity contribution is 14.0. The number of hydrogen-bond acceptors (Lipinski definition) is 3. The Morgan fingerprint density at radius 1 is 1.40 bits per heavy atom. The molecule has 1 heterocycles. The summed E-state index contributed by atoms with van der Waals surface area (Å²) in [7, 11) is 1.83.